The van der Waals surface area contributed by atoms with Crippen LogP contribution in [0.25, 0.3) is 10.9 Å². The number of anilines is 2. The first-order valence-corrected chi connectivity index (χ1v) is 7.09. The highest BCUT2D eigenvalue weighted by Gasteiger charge is 2.24. The Morgan fingerprint density at radius 1 is 1.32 bits per heavy atom. The van der Waals surface area contributed by atoms with Crippen molar-refractivity contribution in [3.63, 3.8) is 0 Å². The van der Waals surface area contributed by atoms with E-state index in [4.69, 9.17) is 10.7 Å². The third-order valence-corrected chi connectivity index (χ3v) is 3.92. The highest BCUT2D eigenvalue weighted by molar-refractivity contribution is 5.94. The van der Waals surface area contributed by atoms with E-state index in [9.17, 15) is 0 Å². The Hall–Kier alpha value is -1.77. The first-order chi connectivity index (χ1) is 9.16. The lowest BCUT2D eigenvalue weighted by Crippen LogP contribution is -2.23. The zero-order valence-electron chi connectivity index (χ0n) is 11.7. The van der Waals surface area contributed by atoms with Gasteiger partial charge in [0.15, 0.2) is 0 Å². The first kappa shape index (κ1) is 12.3. The van der Waals surface area contributed by atoms with Gasteiger partial charge >= 0.3 is 0 Å². The van der Waals surface area contributed by atoms with Gasteiger partial charge in [-0.05, 0) is 24.8 Å². The second-order valence-corrected chi connectivity index (χ2v) is 5.76. The van der Waals surface area contributed by atoms with Gasteiger partial charge in [-0.3, -0.25) is 0 Å². The molecule has 1 aromatic carbocycles. The summed E-state index contributed by atoms with van der Waals surface area (Å²) in [5.74, 6) is 1.83. The van der Waals surface area contributed by atoms with Crippen molar-refractivity contribution in [3.05, 3.63) is 29.8 Å². The molecule has 0 atom stereocenters. The molecule has 0 saturated carbocycles. The monoisotopic (exact) mass is 255 g/mol. The van der Waals surface area contributed by atoms with Crippen LogP contribution >= 0.6 is 0 Å². The summed E-state index contributed by atoms with van der Waals surface area (Å²) in [5.41, 5.74) is 9.49. The van der Waals surface area contributed by atoms with Gasteiger partial charge in [-0.15, -0.1) is 0 Å². The van der Waals surface area contributed by atoms with Gasteiger partial charge in [0.05, 0.1) is 5.52 Å². The van der Waals surface area contributed by atoms with E-state index < -0.39 is 0 Å². The Morgan fingerprint density at radius 2 is 2.11 bits per heavy atom. The summed E-state index contributed by atoms with van der Waals surface area (Å²) in [6.45, 7) is 6.66. The van der Waals surface area contributed by atoms with E-state index in [2.05, 4.69) is 24.8 Å². The van der Waals surface area contributed by atoms with Gasteiger partial charge in [-0.2, -0.15) is 0 Å². The molecule has 1 aliphatic heterocycles. The molecule has 2 heterocycles. The number of fused-ring (bicyclic) bond motifs is 2. The molecule has 0 saturated heterocycles. The van der Waals surface area contributed by atoms with Crippen molar-refractivity contribution in [1.29, 1.82) is 0 Å². The number of rotatable bonds is 3. The smallest absolute Gasteiger partial charge is 0.134 e. The van der Waals surface area contributed by atoms with Crippen LogP contribution < -0.4 is 10.6 Å². The molecule has 0 spiro atoms. The Morgan fingerprint density at radius 3 is 2.89 bits per heavy atom. The molecule has 3 heteroatoms. The van der Waals surface area contributed by atoms with Crippen LogP contribution in [-0.4, -0.2) is 18.1 Å². The molecule has 100 valence electrons. The number of nitrogen functional groups attached to an aromatic ring is 1. The van der Waals surface area contributed by atoms with Gasteiger partial charge in [-0.25, -0.2) is 4.98 Å². The van der Waals surface area contributed by atoms with Gasteiger partial charge < -0.3 is 10.6 Å². The summed E-state index contributed by atoms with van der Waals surface area (Å²) in [6, 6.07) is 8.16. The fourth-order valence-corrected chi connectivity index (χ4v) is 2.76. The highest BCUT2D eigenvalue weighted by atomic mass is 15.2. The van der Waals surface area contributed by atoms with Gasteiger partial charge in [0.1, 0.15) is 5.82 Å². The molecule has 1 aliphatic rings. The van der Waals surface area contributed by atoms with E-state index in [1.807, 2.05) is 18.2 Å². The molecule has 0 unspecified atom stereocenters. The number of hydrogen-bond donors (Lipinski definition) is 1. The standard InChI is InChI=1S/C16H21N3/c1-11(2)7-9-19-10-8-13-15(17)12-5-3-4-6-14(12)18-16(13)19/h3-6,11H,7-10H2,1-2H3,(H2,17,18). The normalized spacial score (nSPS) is 14.4. The van der Waals surface area contributed by atoms with Crippen molar-refractivity contribution in [2.24, 2.45) is 5.92 Å². The maximum atomic E-state index is 6.32. The second-order valence-electron chi connectivity index (χ2n) is 5.76. The van der Waals surface area contributed by atoms with Crippen LogP contribution in [0.2, 0.25) is 0 Å². The molecule has 0 radical (unpaired) electrons. The van der Waals surface area contributed by atoms with Gasteiger partial charge in [0, 0.05) is 29.7 Å². The Labute approximate surface area is 114 Å². The van der Waals surface area contributed by atoms with Crippen molar-refractivity contribution in [3.8, 4) is 0 Å². The Kier molecular flexibility index (Phi) is 3.05. The third-order valence-electron chi connectivity index (χ3n) is 3.92. The molecule has 3 nitrogen and oxygen atoms in total. The average Bonchev–Trinajstić information content (AvgIpc) is 2.80. The van der Waals surface area contributed by atoms with Gasteiger partial charge in [0.25, 0.3) is 0 Å². The third kappa shape index (κ3) is 2.14. The highest BCUT2D eigenvalue weighted by Crippen LogP contribution is 2.35. The van der Waals surface area contributed by atoms with Crippen LogP contribution in [-0.2, 0) is 6.42 Å². The predicted molar refractivity (Wildman–Crippen MR) is 81.5 cm³/mol. The lowest BCUT2D eigenvalue weighted by Gasteiger charge is -2.20. The van der Waals surface area contributed by atoms with E-state index in [0.29, 0.717) is 0 Å². The summed E-state index contributed by atoms with van der Waals surface area (Å²) in [7, 11) is 0. The summed E-state index contributed by atoms with van der Waals surface area (Å²) < 4.78 is 0. The van der Waals surface area contributed by atoms with Crippen LogP contribution in [0.3, 0.4) is 0 Å². The molecule has 2 N–H and O–H groups in total. The predicted octanol–water partition coefficient (Wildman–Crippen LogP) is 3.23. The number of nitrogens with two attached hydrogens (primary N) is 1. The number of pyridine rings is 1. The molecule has 0 fully saturated rings. The summed E-state index contributed by atoms with van der Waals surface area (Å²) in [6.07, 6.45) is 2.23. The molecular weight excluding hydrogens is 234 g/mol. The SMILES string of the molecule is CC(C)CCN1CCc2c1nc1ccccc1c2N. The number of aromatic nitrogens is 1. The lowest BCUT2D eigenvalue weighted by molar-refractivity contribution is 0.577. The molecule has 0 bridgehead atoms. The van der Waals surface area contributed by atoms with Crippen LogP contribution in [0.1, 0.15) is 25.8 Å². The molecule has 19 heavy (non-hydrogen) atoms. The summed E-state index contributed by atoms with van der Waals surface area (Å²) in [4.78, 5) is 7.21. The van der Waals surface area contributed by atoms with E-state index in [1.54, 1.807) is 0 Å². The van der Waals surface area contributed by atoms with Crippen molar-refractivity contribution < 1.29 is 0 Å². The maximum Gasteiger partial charge on any atom is 0.134 e. The van der Waals surface area contributed by atoms with E-state index in [-0.39, 0.29) is 0 Å². The van der Waals surface area contributed by atoms with Crippen LogP contribution in [0.15, 0.2) is 24.3 Å². The fourth-order valence-electron chi connectivity index (χ4n) is 2.76. The topological polar surface area (TPSA) is 42.2 Å². The van der Waals surface area contributed by atoms with Crippen LogP contribution in [0.5, 0.6) is 0 Å². The quantitative estimate of drug-likeness (QED) is 0.915. The Bertz CT molecular complexity index is 604. The zero-order chi connectivity index (χ0) is 13.4. The second kappa shape index (κ2) is 4.72. The minimum absolute atomic E-state index is 0.724. The summed E-state index contributed by atoms with van der Waals surface area (Å²) in [5, 5.41) is 1.09. The number of nitrogens with zero attached hydrogens (tertiary/aromatic N) is 2. The molecule has 1 aromatic heterocycles. The minimum atomic E-state index is 0.724. The van der Waals surface area contributed by atoms with Gasteiger partial charge in [-0.1, -0.05) is 32.0 Å². The average molecular weight is 255 g/mol. The number of para-hydroxylation sites is 1. The van der Waals surface area contributed by atoms with Gasteiger partial charge in [0.2, 0.25) is 0 Å². The number of benzene rings is 1. The molecular formula is C16H21N3. The van der Waals surface area contributed by atoms with E-state index in [1.165, 1.54) is 12.0 Å². The van der Waals surface area contributed by atoms with Crippen molar-refractivity contribution in [2.45, 2.75) is 26.7 Å². The largest absolute Gasteiger partial charge is 0.398 e. The lowest BCUT2D eigenvalue weighted by atomic mass is 10.1. The van der Waals surface area contributed by atoms with Crippen molar-refractivity contribution >= 4 is 22.4 Å². The maximum absolute atomic E-state index is 6.32. The zero-order valence-corrected chi connectivity index (χ0v) is 11.7. The van der Waals surface area contributed by atoms with E-state index >= 15 is 0 Å². The van der Waals surface area contributed by atoms with Crippen LogP contribution in [0, 0.1) is 5.92 Å². The first-order valence-electron chi connectivity index (χ1n) is 7.09. The molecule has 0 aliphatic carbocycles. The fraction of sp³-hybridized carbons (Fsp3) is 0.438. The van der Waals surface area contributed by atoms with Crippen molar-refractivity contribution in [2.75, 3.05) is 23.7 Å². The number of hydrogen-bond acceptors (Lipinski definition) is 3. The van der Waals surface area contributed by atoms with Crippen molar-refractivity contribution in [1.82, 2.24) is 4.98 Å². The molecule has 0 amide bonds. The summed E-state index contributed by atoms with van der Waals surface area (Å²) >= 11 is 0. The Balaban J connectivity index is 2.01. The van der Waals surface area contributed by atoms with E-state index in [0.717, 1.165) is 47.8 Å². The van der Waals surface area contributed by atoms with Crippen LogP contribution in [0.4, 0.5) is 11.5 Å². The minimum Gasteiger partial charge on any atom is -0.398 e. The molecule has 3 rings (SSSR count). The molecule has 2 aromatic rings.